The van der Waals surface area contributed by atoms with E-state index in [0.29, 0.717) is 27.9 Å². The Morgan fingerprint density at radius 3 is 2.42 bits per heavy atom. The summed E-state index contributed by atoms with van der Waals surface area (Å²) in [4.78, 5) is 0. The van der Waals surface area contributed by atoms with Crippen molar-refractivity contribution in [3.8, 4) is 11.5 Å². The van der Waals surface area contributed by atoms with E-state index < -0.39 is 12.5 Å². The van der Waals surface area contributed by atoms with Crippen molar-refractivity contribution < 1.29 is 22.6 Å². The molecule has 3 aromatic rings. The molecule has 0 aliphatic heterocycles. The van der Waals surface area contributed by atoms with E-state index in [0.717, 1.165) is 25.0 Å². The molecule has 10 heteroatoms. The van der Waals surface area contributed by atoms with E-state index in [2.05, 4.69) is 22.0 Å². The van der Waals surface area contributed by atoms with Gasteiger partial charge in [-0.3, -0.25) is 0 Å². The highest BCUT2D eigenvalue weighted by molar-refractivity contribution is 6.35. The monoisotopic (exact) mass is 473 g/mol. The normalized spacial score (nSPS) is 12.6. The highest BCUT2D eigenvalue weighted by Gasteiger charge is 2.31. The molecule has 1 unspecified atom stereocenters. The van der Waals surface area contributed by atoms with Gasteiger partial charge in [-0.2, -0.15) is 0 Å². The van der Waals surface area contributed by atoms with Gasteiger partial charge in [-0.25, -0.2) is 4.68 Å². The second-order valence-electron chi connectivity index (χ2n) is 6.83. The van der Waals surface area contributed by atoms with Crippen LogP contribution in [0.3, 0.4) is 0 Å². The number of benzene rings is 2. The fourth-order valence-corrected chi connectivity index (χ4v) is 3.45. The number of ether oxygens (including phenoxy) is 2. The van der Waals surface area contributed by atoms with Crippen molar-refractivity contribution in [3.63, 3.8) is 0 Å². The molecule has 0 radical (unpaired) electrons. The first-order chi connectivity index (χ1) is 14.7. The SMILES string of the molecule is CCCCc1cn(CC(Oc2ccc(OC(F)(F)F)cc2)c2ccc(Cl)cc2Cl)nn1. The molecule has 0 spiro atoms. The number of unbranched alkanes of at least 4 members (excludes halogenated alkanes) is 1. The Morgan fingerprint density at radius 1 is 1.06 bits per heavy atom. The maximum Gasteiger partial charge on any atom is 0.573 e. The fourth-order valence-electron chi connectivity index (χ4n) is 2.92. The minimum Gasteiger partial charge on any atom is -0.484 e. The number of alkyl halides is 3. The van der Waals surface area contributed by atoms with Gasteiger partial charge in [-0.1, -0.05) is 47.8 Å². The molecule has 0 bridgehead atoms. The van der Waals surface area contributed by atoms with Crippen molar-refractivity contribution in [1.82, 2.24) is 15.0 Å². The number of aromatic nitrogens is 3. The zero-order chi connectivity index (χ0) is 22.4. The van der Waals surface area contributed by atoms with E-state index in [1.165, 1.54) is 24.3 Å². The first kappa shape index (κ1) is 23.2. The summed E-state index contributed by atoms with van der Waals surface area (Å²) >= 11 is 12.4. The Bertz CT molecular complexity index is 994. The van der Waals surface area contributed by atoms with Crippen LogP contribution in [0.1, 0.15) is 37.1 Å². The molecule has 3 rings (SSSR count). The van der Waals surface area contributed by atoms with Crippen LogP contribution in [-0.4, -0.2) is 21.4 Å². The Kier molecular flexibility index (Phi) is 7.67. The third-order valence-electron chi connectivity index (χ3n) is 4.37. The third kappa shape index (κ3) is 7.04. The average molecular weight is 474 g/mol. The minimum absolute atomic E-state index is 0.293. The lowest BCUT2D eigenvalue weighted by Gasteiger charge is -2.21. The molecule has 31 heavy (non-hydrogen) atoms. The molecule has 0 fully saturated rings. The lowest BCUT2D eigenvalue weighted by atomic mass is 10.1. The van der Waals surface area contributed by atoms with Gasteiger partial charge in [0, 0.05) is 21.8 Å². The largest absolute Gasteiger partial charge is 0.573 e. The molecule has 2 aromatic carbocycles. The number of aryl methyl sites for hydroxylation is 1. The predicted octanol–water partition coefficient (Wildman–Crippen LogP) is 6.65. The van der Waals surface area contributed by atoms with Crippen molar-refractivity contribution in [2.75, 3.05) is 0 Å². The van der Waals surface area contributed by atoms with Gasteiger partial charge >= 0.3 is 6.36 Å². The Labute approximate surface area is 187 Å². The van der Waals surface area contributed by atoms with Crippen LogP contribution in [0.4, 0.5) is 13.2 Å². The number of hydrogen-bond donors (Lipinski definition) is 0. The molecule has 0 saturated heterocycles. The van der Waals surface area contributed by atoms with Crippen LogP contribution in [0, 0.1) is 0 Å². The van der Waals surface area contributed by atoms with E-state index in [1.54, 1.807) is 22.9 Å². The van der Waals surface area contributed by atoms with Gasteiger partial charge in [0.25, 0.3) is 0 Å². The van der Waals surface area contributed by atoms with E-state index in [-0.39, 0.29) is 5.75 Å². The summed E-state index contributed by atoms with van der Waals surface area (Å²) in [7, 11) is 0. The molecular formula is C21H20Cl2F3N3O2. The summed E-state index contributed by atoms with van der Waals surface area (Å²) in [5, 5.41) is 9.20. The lowest BCUT2D eigenvalue weighted by molar-refractivity contribution is -0.274. The number of halogens is 5. The van der Waals surface area contributed by atoms with Crippen molar-refractivity contribution in [2.24, 2.45) is 0 Å². The zero-order valence-corrected chi connectivity index (χ0v) is 18.1. The van der Waals surface area contributed by atoms with Crippen molar-refractivity contribution in [2.45, 2.75) is 45.2 Å². The van der Waals surface area contributed by atoms with Crippen LogP contribution in [0.25, 0.3) is 0 Å². The summed E-state index contributed by atoms with van der Waals surface area (Å²) in [6.07, 6.45) is -0.619. The average Bonchev–Trinajstić information content (AvgIpc) is 3.13. The van der Waals surface area contributed by atoms with Crippen LogP contribution in [0.5, 0.6) is 11.5 Å². The summed E-state index contributed by atoms with van der Waals surface area (Å²) in [5.74, 6) is 0.00892. The van der Waals surface area contributed by atoms with Gasteiger partial charge in [0.15, 0.2) is 0 Å². The molecule has 0 aliphatic carbocycles. The van der Waals surface area contributed by atoms with Crippen LogP contribution < -0.4 is 9.47 Å². The number of nitrogens with zero attached hydrogens (tertiary/aromatic N) is 3. The highest BCUT2D eigenvalue weighted by Crippen LogP contribution is 2.32. The minimum atomic E-state index is -4.76. The molecule has 0 aliphatic rings. The van der Waals surface area contributed by atoms with E-state index >= 15 is 0 Å². The van der Waals surface area contributed by atoms with Gasteiger partial charge in [0.1, 0.15) is 17.6 Å². The van der Waals surface area contributed by atoms with Crippen LogP contribution >= 0.6 is 23.2 Å². The highest BCUT2D eigenvalue weighted by atomic mass is 35.5. The molecule has 0 saturated carbocycles. The van der Waals surface area contributed by atoms with Gasteiger partial charge in [0.05, 0.1) is 12.2 Å². The molecular weight excluding hydrogens is 454 g/mol. The summed E-state index contributed by atoms with van der Waals surface area (Å²) in [5.41, 5.74) is 1.53. The second-order valence-corrected chi connectivity index (χ2v) is 7.67. The lowest BCUT2D eigenvalue weighted by Crippen LogP contribution is -2.17. The molecule has 0 amide bonds. The molecule has 166 valence electrons. The van der Waals surface area contributed by atoms with E-state index in [4.69, 9.17) is 27.9 Å². The second kappa shape index (κ2) is 10.2. The predicted molar refractivity (Wildman–Crippen MR) is 112 cm³/mol. The Hall–Kier alpha value is -2.45. The number of hydrogen-bond acceptors (Lipinski definition) is 4. The van der Waals surface area contributed by atoms with Gasteiger partial charge in [-0.05, 0) is 49.2 Å². The van der Waals surface area contributed by atoms with Crippen LogP contribution in [0.2, 0.25) is 10.0 Å². The Morgan fingerprint density at radius 2 is 1.77 bits per heavy atom. The maximum atomic E-state index is 12.4. The first-order valence-corrected chi connectivity index (χ1v) is 10.4. The van der Waals surface area contributed by atoms with Gasteiger partial charge in [0.2, 0.25) is 0 Å². The molecule has 1 heterocycles. The fraction of sp³-hybridized carbons (Fsp3) is 0.333. The van der Waals surface area contributed by atoms with Crippen molar-refractivity contribution >= 4 is 23.2 Å². The van der Waals surface area contributed by atoms with Crippen molar-refractivity contribution in [3.05, 3.63) is 70.0 Å². The molecule has 1 atom stereocenters. The zero-order valence-electron chi connectivity index (χ0n) is 16.6. The molecule has 0 N–H and O–H groups in total. The quantitative estimate of drug-likeness (QED) is 0.349. The Balaban J connectivity index is 1.81. The molecule has 5 nitrogen and oxygen atoms in total. The van der Waals surface area contributed by atoms with Crippen molar-refractivity contribution in [1.29, 1.82) is 0 Å². The van der Waals surface area contributed by atoms with Crippen LogP contribution in [-0.2, 0) is 13.0 Å². The van der Waals surface area contributed by atoms with Gasteiger partial charge < -0.3 is 9.47 Å². The van der Waals surface area contributed by atoms with E-state index in [1.807, 2.05) is 6.20 Å². The molecule has 1 aromatic heterocycles. The maximum absolute atomic E-state index is 12.4. The van der Waals surface area contributed by atoms with Gasteiger partial charge in [-0.15, -0.1) is 18.3 Å². The summed E-state index contributed by atoms with van der Waals surface area (Å²) < 4.78 is 48.7. The standard InChI is InChI=1S/C21H20Cl2F3N3O2/c1-2-3-4-15-12-29(28-27-15)13-20(18-10-5-14(22)11-19(18)23)30-16-6-8-17(9-7-16)31-21(24,25)26/h5-12,20H,2-4,13H2,1H3. The third-order valence-corrected chi connectivity index (χ3v) is 4.93. The smallest absolute Gasteiger partial charge is 0.484 e. The topological polar surface area (TPSA) is 49.2 Å². The summed E-state index contributed by atoms with van der Waals surface area (Å²) in [6.45, 7) is 2.39. The first-order valence-electron chi connectivity index (χ1n) is 9.60. The summed E-state index contributed by atoms with van der Waals surface area (Å²) in [6, 6.07) is 10.2. The number of rotatable bonds is 9. The van der Waals surface area contributed by atoms with E-state index in [9.17, 15) is 13.2 Å². The van der Waals surface area contributed by atoms with Crippen LogP contribution in [0.15, 0.2) is 48.7 Å².